The Balaban J connectivity index is 0.00000288. The summed E-state index contributed by atoms with van der Waals surface area (Å²) in [5, 5.41) is 7.09. The van der Waals surface area contributed by atoms with Crippen LogP contribution in [0.5, 0.6) is 0 Å². The number of likely N-dealkylation sites (tertiary alicyclic amines) is 1. The second kappa shape index (κ2) is 11.5. The molecule has 2 fully saturated rings. The summed E-state index contributed by atoms with van der Waals surface area (Å²) in [4.78, 5) is 9.81. The lowest BCUT2D eigenvalue weighted by molar-refractivity contribution is 0.206. The van der Waals surface area contributed by atoms with Crippen molar-refractivity contribution in [3.05, 3.63) is 0 Å². The summed E-state index contributed by atoms with van der Waals surface area (Å²) in [6, 6.07) is 1.16. The van der Waals surface area contributed by atoms with Crippen LogP contribution in [0.25, 0.3) is 0 Å². The Labute approximate surface area is 166 Å². The minimum Gasteiger partial charge on any atom is -0.357 e. The molecule has 1 saturated heterocycles. The highest BCUT2D eigenvalue weighted by molar-refractivity contribution is 14.0. The van der Waals surface area contributed by atoms with Gasteiger partial charge >= 0.3 is 0 Å². The number of likely N-dealkylation sites (N-methyl/N-ethyl adjacent to an activating group) is 1. The molecule has 0 spiro atoms. The molecule has 1 unspecified atom stereocenters. The Morgan fingerprint density at radius 2 is 1.83 bits per heavy atom. The van der Waals surface area contributed by atoms with Crippen molar-refractivity contribution in [1.82, 2.24) is 20.4 Å². The van der Waals surface area contributed by atoms with Gasteiger partial charge in [0.25, 0.3) is 0 Å². The minimum absolute atomic E-state index is 0. The number of piperidine rings is 1. The van der Waals surface area contributed by atoms with Crippen molar-refractivity contribution in [3.63, 3.8) is 0 Å². The summed E-state index contributed by atoms with van der Waals surface area (Å²) in [5.74, 6) is 1.86. The molecule has 0 aromatic heterocycles. The number of nitrogens with one attached hydrogen (secondary N) is 2. The molecule has 0 amide bonds. The smallest absolute Gasteiger partial charge is 0.191 e. The summed E-state index contributed by atoms with van der Waals surface area (Å²) < 4.78 is 0. The Morgan fingerprint density at radius 1 is 1.17 bits per heavy atom. The first-order valence-corrected chi connectivity index (χ1v) is 9.57. The van der Waals surface area contributed by atoms with Crippen LogP contribution in [0.3, 0.4) is 0 Å². The molecular formula is C18H38IN5. The largest absolute Gasteiger partial charge is 0.357 e. The Bertz CT molecular complexity index is 360. The molecule has 24 heavy (non-hydrogen) atoms. The van der Waals surface area contributed by atoms with Crippen molar-refractivity contribution < 1.29 is 0 Å². The average molecular weight is 451 g/mol. The van der Waals surface area contributed by atoms with Crippen molar-refractivity contribution in [3.8, 4) is 0 Å². The Kier molecular flexibility index (Phi) is 10.5. The summed E-state index contributed by atoms with van der Waals surface area (Å²) in [5.41, 5.74) is 0. The molecule has 1 aliphatic heterocycles. The van der Waals surface area contributed by atoms with E-state index in [1.165, 1.54) is 51.7 Å². The summed E-state index contributed by atoms with van der Waals surface area (Å²) >= 11 is 0. The van der Waals surface area contributed by atoms with Gasteiger partial charge in [-0.2, -0.15) is 0 Å². The van der Waals surface area contributed by atoms with E-state index in [0.717, 1.165) is 25.0 Å². The van der Waals surface area contributed by atoms with Crippen LogP contribution >= 0.6 is 24.0 Å². The molecule has 142 valence electrons. The van der Waals surface area contributed by atoms with Gasteiger partial charge in [-0.05, 0) is 65.6 Å². The molecular weight excluding hydrogens is 413 g/mol. The molecule has 2 aliphatic rings. The van der Waals surface area contributed by atoms with Gasteiger partial charge in [0.05, 0.1) is 6.54 Å². The predicted octanol–water partition coefficient (Wildman–Crippen LogP) is 2.37. The van der Waals surface area contributed by atoms with Crippen molar-refractivity contribution >= 4 is 29.9 Å². The minimum atomic E-state index is 0. The highest BCUT2D eigenvalue weighted by atomic mass is 127. The number of halogens is 1. The van der Waals surface area contributed by atoms with Gasteiger partial charge in [-0.15, -0.1) is 24.0 Å². The maximum atomic E-state index is 4.88. The van der Waals surface area contributed by atoms with Crippen molar-refractivity contribution in [2.45, 2.75) is 58.0 Å². The van der Waals surface area contributed by atoms with Crippen LogP contribution < -0.4 is 10.6 Å². The zero-order valence-corrected chi connectivity index (χ0v) is 18.4. The quantitative estimate of drug-likeness (QED) is 0.338. The second-order valence-corrected chi connectivity index (χ2v) is 7.35. The van der Waals surface area contributed by atoms with Gasteiger partial charge in [0.1, 0.15) is 0 Å². The third-order valence-corrected chi connectivity index (χ3v) is 5.08. The fraction of sp³-hybridized carbons (Fsp3) is 0.944. The van der Waals surface area contributed by atoms with E-state index < -0.39 is 0 Å². The number of guanidine groups is 1. The number of hydrogen-bond acceptors (Lipinski definition) is 3. The predicted molar refractivity (Wildman–Crippen MR) is 114 cm³/mol. The molecule has 6 heteroatoms. The van der Waals surface area contributed by atoms with Gasteiger partial charge in [-0.1, -0.05) is 6.92 Å². The van der Waals surface area contributed by atoms with E-state index in [1.807, 2.05) is 0 Å². The van der Waals surface area contributed by atoms with Gasteiger partial charge in [0, 0.05) is 31.7 Å². The van der Waals surface area contributed by atoms with Crippen molar-refractivity contribution in [2.75, 3.05) is 46.8 Å². The van der Waals surface area contributed by atoms with Crippen LogP contribution in [0.1, 0.15) is 46.0 Å². The Hall–Kier alpha value is -0.0800. The monoisotopic (exact) mass is 451 g/mol. The van der Waals surface area contributed by atoms with Gasteiger partial charge < -0.3 is 20.4 Å². The molecule has 1 saturated carbocycles. The van der Waals surface area contributed by atoms with Crippen LogP contribution in [0.4, 0.5) is 0 Å². The number of aliphatic imine (C=N–C) groups is 1. The summed E-state index contributed by atoms with van der Waals surface area (Å²) in [6.07, 6.45) is 6.46. The van der Waals surface area contributed by atoms with E-state index >= 15 is 0 Å². The molecule has 2 N–H and O–H groups in total. The first-order valence-electron chi connectivity index (χ1n) is 9.57. The van der Waals surface area contributed by atoms with Crippen molar-refractivity contribution in [2.24, 2.45) is 10.9 Å². The van der Waals surface area contributed by atoms with Crippen LogP contribution in [0, 0.1) is 5.92 Å². The molecule has 0 radical (unpaired) electrons. The third-order valence-electron chi connectivity index (χ3n) is 5.08. The lowest BCUT2D eigenvalue weighted by Gasteiger charge is -2.33. The van der Waals surface area contributed by atoms with Crippen LogP contribution in [0.15, 0.2) is 4.99 Å². The van der Waals surface area contributed by atoms with E-state index in [2.05, 4.69) is 48.4 Å². The zero-order valence-electron chi connectivity index (χ0n) is 16.1. The second-order valence-electron chi connectivity index (χ2n) is 7.35. The third kappa shape index (κ3) is 7.44. The fourth-order valence-corrected chi connectivity index (χ4v) is 3.53. The van der Waals surface area contributed by atoms with Gasteiger partial charge in [-0.25, -0.2) is 0 Å². The molecule has 0 bridgehead atoms. The van der Waals surface area contributed by atoms with Crippen LogP contribution in [-0.4, -0.2) is 74.7 Å². The molecule has 1 heterocycles. The van der Waals surface area contributed by atoms with E-state index in [1.54, 1.807) is 0 Å². The van der Waals surface area contributed by atoms with Gasteiger partial charge in [0.15, 0.2) is 5.96 Å². The standard InChI is InChI=1S/C18H37N5.HI/c1-5-11-23-12-9-16(10-13-23)21-18(19-6-2)20-14-17(22(3)4)15-7-8-15;/h15-17H,5-14H2,1-4H3,(H2,19,20,21);1H. The van der Waals surface area contributed by atoms with Crippen LogP contribution in [-0.2, 0) is 0 Å². The fourth-order valence-electron chi connectivity index (χ4n) is 3.53. The zero-order chi connectivity index (χ0) is 16.7. The maximum absolute atomic E-state index is 4.88. The molecule has 0 aromatic carbocycles. The SMILES string of the molecule is CCCN1CCC(NC(=NCC(C2CC2)N(C)C)NCC)CC1.I. The Morgan fingerprint density at radius 3 is 2.33 bits per heavy atom. The van der Waals surface area contributed by atoms with E-state index in [9.17, 15) is 0 Å². The topological polar surface area (TPSA) is 42.9 Å². The number of rotatable bonds is 8. The molecule has 1 atom stereocenters. The number of hydrogen-bond donors (Lipinski definition) is 2. The summed E-state index contributed by atoms with van der Waals surface area (Å²) in [6.45, 7) is 9.92. The lowest BCUT2D eigenvalue weighted by Crippen LogP contribution is -2.49. The van der Waals surface area contributed by atoms with E-state index in [0.29, 0.717) is 12.1 Å². The summed E-state index contributed by atoms with van der Waals surface area (Å²) in [7, 11) is 4.37. The van der Waals surface area contributed by atoms with Gasteiger partial charge in [0.2, 0.25) is 0 Å². The first-order chi connectivity index (χ1) is 11.1. The normalized spacial score (nSPS) is 21.5. The average Bonchev–Trinajstić information content (AvgIpc) is 3.34. The van der Waals surface area contributed by atoms with Gasteiger partial charge in [-0.3, -0.25) is 4.99 Å². The molecule has 0 aromatic rings. The van der Waals surface area contributed by atoms with E-state index in [-0.39, 0.29) is 24.0 Å². The highest BCUT2D eigenvalue weighted by Gasteiger charge is 2.32. The number of nitrogens with zero attached hydrogens (tertiary/aromatic N) is 3. The molecule has 1 aliphatic carbocycles. The molecule has 2 rings (SSSR count). The first kappa shape index (κ1) is 22.0. The lowest BCUT2D eigenvalue weighted by atomic mass is 10.1. The van der Waals surface area contributed by atoms with Crippen molar-refractivity contribution in [1.29, 1.82) is 0 Å². The maximum Gasteiger partial charge on any atom is 0.191 e. The molecule has 5 nitrogen and oxygen atoms in total. The van der Waals surface area contributed by atoms with Crippen LogP contribution in [0.2, 0.25) is 0 Å². The van der Waals surface area contributed by atoms with E-state index in [4.69, 9.17) is 4.99 Å². The highest BCUT2D eigenvalue weighted by Crippen LogP contribution is 2.34.